The van der Waals surface area contributed by atoms with Gasteiger partial charge in [-0.1, -0.05) is 12.1 Å². The van der Waals surface area contributed by atoms with Gasteiger partial charge in [0.2, 0.25) is 10.0 Å². The molecular formula is C13H12N4O2S2. The Balaban J connectivity index is 1.78. The van der Waals surface area contributed by atoms with Crippen LogP contribution in [0.5, 0.6) is 0 Å². The Bertz CT molecular complexity index is 811. The molecule has 0 saturated heterocycles. The number of hydrogen-bond acceptors (Lipinski definition) is 5. The lowest BCUT2D eigenvalue weighted by Crippen LogP contribution is -2.22. The van der Waals surface area contributed by atoms with Gasteiger partial charge in [0.1, 0.15) is 4.90 Å². The van der Waals surface area contributed by atoms with E-state index in [4.69, 9.17) is 0 Å². The van der Waals surface area contributed by atoms with E-state index >= 15 is 0 Å². The van der Waals surface area contributed by atoms with Gasteiger partial charge in [-0.05, 0) is 23.6 Å². The lowest BCUT2D eigenvalue weighted by molar-refractivity contribution is 0.582. The molecule has 0 aliphatic carbocycles. The summed E-state index contributed by atoms with van der Waals surface area (Å²) in [6, 6.07) is 9.11. The minimum Gasteiger partial charge on any atom is -0.237 e. The third kappa shape index (κ3) is 3.18. The SMILES string of the molecule is O=S(=O)(NCc1cccs1)c1cnn(-c2ccccn2)c1. The summed E-state index contributed by atoms with van der Waals surface area (Å²) in [7, 11) is -3.58. The number of nitrogens with zero attached hydrogens (tertiary/aromatic N) is 3. The van der Waals surface area contributed by atoms with Crippen LogP contribution in [0.25, 0.3) is 5.82 Å². The molecule has 0 spiro atoms. The molecule has 3 aromatic heterocycles. The quantitative estimate of drug-likeness (QED) is 0.778. The van der Waals surface area contributed by atoms with Crippen molar-refractivity contribution in [1.29, 1.82) is 0 Å². The molecule has 108 valence electrons. The van der Waals surface area contributed by atoms with Crippen molar-refractivity contribution in [3.8, 4) is 5.82 Å². The predicted molar refractivity (Wildman–Crippen MR) is 79.7 cm³/mol. The number of hydrogen-bond donors (Lipinski definition) is 1. The van der Waals surface area contributed by atoms with Gasteiger partial charge in [0.05, 0.1) is 12.4 Å². The fraction of sp³-hybridized carbons (Fsp3) is 0.0769. The molecule has 8 heteroatoms. The Morgan fingerprint density at radius 1 is 1.24 bits per heavy atom. The summed E-state index contributed by atoms with van der Waals surface area (Å²) in [6.45, 7) is 0.273. The number of nitrogens with one attached hydrogen (secondary N) is 1. The average molecular weight is 320 g/mol. The second-order valence-corrected chi connectivity index (χ2v) is 7.01. The fourth-order valence-electron chi connectivity index (χ4n) is 1.72. The van der Waals surface area contributed by atoms with Crippen LogP contribution >= 0.6 is 11.3 Å². The van der Waals surface area contributed by atoms with E-state index in [0.29, 0.717) is 5.82 Å². The number of thiophene rings is 1. The van der Waals surface area contributed by atoms with Crippen molar-refractivity contribution in [1.82, 2.24) is 19.5 Å². The highest BCUT2D eigenvalue weighted by Gasteiger charge is 2.17. The highest BCUT2D eigenvalue weighted by atomic mass is 32.2. The maximum Gasteiger partial charge on any atom is 0.244 e. The molecule has 0 radical (unpaired) electrons. The molecule has 0 bridgehead atoms. The Labute approximate surface area is 126 Å². The standard InChI is InChI=1S/C13H12N4O2S2/c18-21(19,16-8-11-4-3-7-20-11)12-9-15-17(10-12)13-5-1-2-6-14-13/h1-7,9-10,16H,8H2. The van der Waals surface area contributed by atoms with Crippen molar-refractivity contribution in [2.75, 3.05) is 0 Å². The van der Waals surface area contributed by atoms with E-state index < -0.39 is 10.0 Å². The lowest BCUT2D eigenvalue weighted by Gasteiger charge is -2.02. The summed E-state index contributed by atoms with van der Waals surface area (Å²) in [5, 5.41) is 5.94. The van der Waals surface area contributed by atoms with E-state index in [2.05, 4.69) is 14.8 Å². The van der Waals surface area contributed by atoms with Gasteiger partial charge in [-0.3, -0.25) is 0 Å². The van der Waals surface area contributed by atoms with E-state index in [9.17, 15) is 8.42 Å². The highest BCUT2D eigenvalue weighted by Crippen LogP contribution is 2.13. The summed E-state index contributed by atoms with van der Waals surface area (Å²) in [5.74, 6) is 0.567. The van der Waals surface area contributed by atoms with Crippen LogP contribution in [0.4, 0.5) is 0 Å². The second-order valence-electron chi connectivity index (χ2n) is 4.21. The molecule has 3 aromatic rings. The molecule has 3 heterocycles. The zero-order valence-electron chi connectivity index (χ0n) is 10.9. The summed E-state index contributed by atoms with van der Waals surface area (Å²) >= 11 is 1.50. The Morgan fingerprint density at radius 3 is 2.86 bits per heavy atom. The summed E-state index contributed by atoms with van der Waals surface area (Å²) in [4.78, 5) is 5.19. The monoisotopic (exact) mass is 320 g/mol. The predicted octanol–water partition coefficient (Wildman–Crippen LogP) is 1.81. The van der Waals surface area contributed by atoms with Crippen molar-refractivity contribution in [2.24, 2.45) is 0 Å². The third-order valence-corrected chi connectivity index (χ3v) is 5.00. The van der Waals surface area contributed by atoms with Gasteiger partial charge in [-0.2, -0.15) is 5.10 Å². The summed E-state index contributed by atoms with van der Waals surface area (Å²) in [6.07, 6.45) is 4.38. The topological polar surface area (TPSA) is 76.9 Å². The Morgan fingerprint density at radius 2 is 2.14 bits per heavy atom. The molecule has 1 N–H and O–H groups in total. The number of rotatable bonds is 5. The summed E-state index contributed by atoms with van der Waals surface area (Å²) < 4.78 is 28.4. The first kappa shape index (κ1) is 13.9. The molecule has 0 saturated carbocycles. The summed E-state index contributed by atoms with van der Waals surface area (Å²) in [5.41, 5.74) is 0. The molecule has 6 nitrogen and oxygen atoms in total. The number of pyridine rings is 1. The molecule has 0 atom stereocenters. The van der Waals surface area contributed by atoms with E-state index in [1.807, 2.05) is 23.6 Å². The van der Waals surface area contributed by atoms with Crippen LogP contribution in [0.2, 0.25) is 0 Å². The van der Waals surface area contributed by atoms with Crippen molar-refractivity contribution >= 4 is 21.4 Å². The normalized spacial score (nSPS) is 11.6. The second kappa shape index (κ2) is 5.76. The van der Waals surface area contributed by atoms with Gasteiger partial charge in [0, 0.05) is 17.6 Å². The van der Waals surface area contributed by atoms with Gasteiger partial charge < -0.3 is 0 Å². The maximum atomic E-state index is 12.2. The van der Waals surface area contributed by atoms with Crippen LogP contribution in [0.15, 0.2) is 59.2 Å². The van der Waals surface area contributed by atoms with Crippen molar-refractivity contribution < 1.29 is 8.42 Å². The van der Waals surface area contributed by atoms with Gasteiger partial charge in [-0.15, -0.1) is 11.3 Å². The third-order valence-electron chi connectivity index (χ3n) is 2.77. The van der Waals surface area contributed by atoms with Crippen LogP contribution in [0.3, 0.4) is 0 Å². The molecule has 21 heavy (non-hydrogen) atoms. The van der Waals surface area contributed by atoms with Crippen LogP contribution in [-0.4, -0.2) is 23.2 Å². The van der Waals surface area contributed by atoms with Crippen LogP contribution in [0.1, 0.15) is 4.88 Å². The highest BCUT2D eigenvalue weighted by molar-refractivity contribution is 7.89. The first-order valence-electron chi connectivity index (χ1n) is 6.13. The van der Waals surface area contributed by atoms with Gasteiger partial charge in [0.15, 0.2) is 5.82 Å². The van der Waals surface area contributed by atoms with E-state index in [-0.39, 0.29) is 11.4 Å². The van der Waals surface area contributed by atoms with E-state index in [0.717, 1.165) is 4.88 Å². The van der Waals surface area contributed by atoms with Crippen molar-refractivity contribution in [3.05, 3.63) is 59.2 Å². The first-order chi connectivity index (χ1) is 10.1. The van der Waals surface area contributed by atoms with Gasteiger partial charge in [0.25, 0.3) is 0 Å². The molecule has 0 unspecified atom stereocenters. The molecular weight excluding hydrogens is 308 g/mol. The average Bonchev–Trinajstić information content (AvgIpc) is 3.18. The largest absolute Gasteiger partial charge is 0.244 e. The lowest BCUT2D eigenvalue weighted by atomic mass is 10.5. The minimum atomic E-state index is -3.58. The first-order valence-corrected chi connectivity index (χ1v) is 8.49. The minimum absolute atomic E-state index is 0.115. The molecule has 0 fully saturated rings. The molecule has 0 aliphatic rings. The van der Waals surface area contributed by atoms with Crippen LogP contribution in [0, 0.1) is 0 Å². The van der Waals surface area contributed by atoms with Crippen molar-refractivity contribution in [3.63, 3.8) is 0 Å². The number of aromatic nitrogens is 3. The molecule has 0 aromatic carbocycles. The van der Waals surface area contributed by atoms with Gasteiger partial charge in [-0.25, -0.2) is 22.8 Å². The van der Waals surface area contributed by atoms with Crippen LogP contribution in [-0.2, 0) is 16.6 Å². The zero-order valence-corrected chi connectivity index (χ0v) is 12.5. The molecule has 0 aliphatic heterocycles. The molecule has 0 amide bonds. The van der Waals surface area contributed by atoms with E-state index in [1.54, 1.807) is 18.3 Å². The van der Waals surface area contributed by atoms with E-state index in [1.165, 1.54) is 28.4 Å². The fourth-order valence-corrected chi connectivity index (χ4v) is 3.39. The zero-order chi connectivity index (χ0) is 14.7. The maximum absolute atomic E-state index is 12.2. The smallest absolute Gasteiger partial charge is 0.237 e. The molecule has 3 rings (SSSR count). The van der Waals surface area contributed by atoms with Crippen molar-refractivity contribution in [2.45, 2.75) is 11.4 Å². The van der Waals surface area contributed by atoms with Crippen LogP contribution < -0.4 is 4.72 Å². The Kier molecular flexibility index (Phi) is 3.82. The Hall–Kier alpha value is -2.03. The van der Waals surface area contributed by atoms with Gasteiger partial charge >= 0.3 is 0 Å². The number of sulfonamides is 1.